The van der Waals surface area contributed by atoms with Crippen molar-refractivity contribution in [2.45, 2.75) is 51.6 Å². The molecule has 4 rings (SSSR count). The Labute approximate surface area is 170 Å². The van der Waals surface area contributed by atoms with Crippen molar-refractivity contribution in [2.24, 2.45) is 20.0 Å². The lowest BCUT2D eigenvalue weighted by atomic mass is 9.68. The first kappa shape index (κ1) is 19.7. The Morgan fingerprint density at radius 3 is 2.48 bits per heavy atom. The van der Waals surface area contributed by atoms with Crippen LogP contribution in [0.3, 0.4) is 0 Å². The van der Waals surface area contributed by atoms with Gasteiger partial charge in [-0.25, -0.2) is 9.18 Å². The fourth-order valence-corrected chi connectivity index (χ4v) is 4.49. The lowest BCUT2D eigenvalue weighted by Crippen LogP contribution is -2.28. The van der Waals surface area contributed by atoms with Gasteiger partial charge in [0.25, 0.3) is 0 Å². The number of aryl methyl sites for hydroxylation is 2. The number of benzene rings is 2. The highest BCUT2D eigenvalue weighted by atomic mass is 19.1. The summed E-state index contributed by atoms with van der Waals surface area (Å²) >= 11 is 0. The van der Waals surface area contributed by atoms with E-state index in [0.717, 1.165) is 40.9 Å². The summed E-state index contributed by atoms with van der Waals surface area (Å²) < 4.78 is 23.6. The zero-order valence-electron chi connectivity index (χ0n) is 17.7. The minimum atomic E-state index is -0.252. The highest BCUT2D eigenvalue weighted by Crippen LogP contribution is 2.42. The van der Waals surface area contributed by atoms with E-state index < -0.39 is 0 Å². The average Bonchev–Trinajstić information content (AvgIpc) is 2.92. The number of imidazole rings is 1. The molecule has 3 aromatic rings. The molecule has 1 fully saturated rings. The lowest BCUT2D eigenvalue weighted by molar-refractivity contribution is 0.257. The van der Waals surface area contributed by atoms with Gasteiger partial charge >= 0.3 is 5.69 Å². The van der Waals surface area contributed by atoms with Gasteiger partial charge < -0.3 is 4.74 Å². The zero-order chi connectivity index (χ0) is 20.8. The van der Waals surface area contributed by atoms with E-state index in [1.165, 1.54) is 18.9 Å². The molecule has 0 unspecified atom stereocenters. The highest BCUT2D eigenvalue weighted by Gasteiger charge is 2.32. The van der Waals surface area contributed by atoms with Crippen LogP contribution in [0.5, 0.6) is 5.75 Å². The third kappa shape index (κ3) is 3.70. The Kier molecular flexibility index (Phi) is 5.01. The zero-order valence-corrected chi connectivity index (χ0v) is 17.7. The topological polar surface area (TPSA) is 36.2 Å². The SMILES string of the molecule is CC1CCC(C)(c2cc(F)cc(OCc3ccc4c(c3)n(C)c(=O)n4C)c2)CC1. The van der Waals surface area contributed by atoms with Gasteiger partial charge in [0.05, 0.1) is 11.0 Å². The van der Waals surface area contributed by atoms with Crippen LogP contribution in [0.4, 0.5) is 4.39 Å². The molecule has 1 aliphatic carbocycles. The van der Waals surface area contributed by atoms with E-state index in [2.05, 4.69) is 13.8 Å². The van der Waals surface area contributed by atoms with Crippen molar-refractivity contribution in [3.63, 3.8) is 0 Å². The van der Waals surface area contributed by atoms with Gasteiger partial charge in [-0.15, -0.1) is 0 Å². The van der Waals surface area contributed by atoms with Crippen molar-refractivity contribution >= 4 is 11.0 Å². The summed E-state index contributed by atoms with van der Waals surface area (Å²) in [5.41, 5.74) is 3.68. The van der Waals surface area contributed by atoms with Crippen LogP contribution in [-0.2, 0) is 26.1 Å². The van der Waals surface area contributed by atoms with Crippen molar-refractivity contribution in [2.75, 3.05) is 0 Å². The molecule has 5 heteroatoms. The van der Waals surface area contributed by atoms with Crippen LogP contribution in [0.2, 0.25) is 0 Å². The summed E-state index contributed by atoms with van der Waals surface area (Å²) in [6.07, 6.45) is 4.52. The van der Waals surface area contributed by atoms with Crippen LogP contribution < -0.4 is 10.4 Å². The quantitative estimate of drug-likeness (QED) is 0.618. The fraction of sp³-hybridized carbons (Fsp3) is 0.458. The van der Waals surface area contributed by atoms with E-state index in [9.17, 15) is 9.18 Å². The number of rotatable bonds is 4. The molecule has 0 amide bonds. The van der Waals surface area contributed by atoms with Crippen LogP contribution in [0.25, 0.3) is 11.0 Å². The molecule has 0 saturated heterocycles. The number of nitrogens with zero attached hydrogens (tertiary/aromatic N) is 2. The minimum absolute atomic E-state index is 0.00789. The molecule has 29 heavy (non-hydrogen) atoms. The van der Waals surface area contributed by atoms with Crippen molar-refractivity contribution in [1.29, 1.82) is 0 Å². The molecule has 1 aliphatic rings. The second-order valence-electron chi connectivity index (χ2n) is 8.93. The first-order valence-electron chi connectivity index (χ1n) is 10.3. The molecule has 0 bridgehead atoms. The molecule has 0 spiro atoms. The van der Waals surface area contributed by atoms with Gasteiger partial charge in [0, 0.05) is 20.2 Å². The monoisotopic (exact) mass is 396 g/mol. The summed E-state index contributed by atoms with van der Waals surface area (Å²) in [6.45, 7) is 4.86. The molecule has 1 heterocycles. The third-order valence-electron chi connectivity index (χ3n) is 6.69. The largest absolute Gasteiger partial charge is 0.489 e. The molecule has 0 N–H and O–H groups in total. The number of aromatic nitrogens is 2. The van der Waals surface area contributed by atoms with Crippen LogP contribution in [0, 0.1) is 11.7 Å². The summed E-state index contributed by atoms with van der Waals surface area (Å²) in [6, 6.07) is 10.9. The summed E-state index contributed by atoms with van der Waals surface area (Å²) in [4.78, 5) is 12.1. The van der Waals surface area contributed by atoms with Crippen LogP contribution in [0.1, 0.15) is 50.7 Å². The van der Waals surface area contributed by atoms with E-state index in [-0.39, 0.29) is 16.9 Å². The van der Waals surface area contributed by atoms with Crippen LogP contribution in [0.15, 0.2) is 41.2 Å². The summed E-state index contributed by atoms with van der Waals surface area (Å²) in [5, 5.41) is 0. The second-order valence-corrected chi connectivity index (χ2v) is 8.93. The molecule has 1 saturated carbocycles. The molecule has 2 aromatic carbocycles. The third-order valence-corrected chi connectivity index (χ3v) is 6.69. The maximum atomic E-state index is 14.3. The first-order chi connectivity index (χ1) is 13.8. The molecule has 1 aromatic heterocycles. The van der Waals surface area contributed by atoms with Gasteiger partial charge in [-0.2, -0.15) is 0 Å². The molecule has 154 valence electrons. The number of fused-ring (bicyclic) bond motifs is 1. The van der Waals surface area contributed by atoms with Crippen LogP contribution in [-0.4, -0.2) is 9.13 Å². The van der Waals surface area contributed by atoms with Gasteiger partial charge in [0.1, 0.15) is 18.2 Å². The predicted octanol–water partition coefficient (Wildman–Crippen LogP) is 5.06. The average molecular weight is 397 g/mol. The molecule has 0 aliphatic heterocycles. The molecule has 0 radical (unpaired) electrons. The van der Waals surface area contributed by atoms with Gasteiger partial charge in [-0.1, -0.05) is 19.9 Å². The Bertz CT molecular complexity index is 1100. The van der Waals surface area contributed by atoms with E-state index in [4.69, 9.17) is 4.74 Å². The molecular formula is C24H29FN2O2. The molecule has 0 atom stereocenters. The van der Waals surface area contributed by atoms with E-state index in [1.807, 2.05) is 24.3 Å². The van der Waals surface area contributed by atoms with Gasteiger partial charge in [0.15, 0.2) is 0 Å². The van der Waals surface area contributed by atoms with Crippen molar-refractivity contribution in [3.05, 3.63) is 63.8 Å². The number of halogens is 1. The molecule has 4 nitrogen and oxygen atoms in total. The van der Waals surface area contributed by atoms with E-state index >= 15 is 0 Å². The second kappa shape index (κ2) is 7.36. The van der Waals surface area contributed by atoms with E-state index in [1.54, 1.807) is 29.3 Å². The van der Waals surface area contributed by atoms with Gasteiger partial charge in [-0.3, -0.25) is 9.13 Å². The van der Waals surface area contributed by atoms with Crippen molar-refractivity contribution in [1.82, 2.24) is 9.13 Å². The Morgan fingerprint density at radius 2 is 1.76 bits per heavy atom. The Balaban J connectivity index is 1.56. The van der Waals surface area contributed by atoms with Gasteiger partial charge in [0.2, 0.25) is 0 Å². The van der Waals surface area contributed by atoms with Gasteiger partial charge in [-0.05, 0) is 72.4 Å². The smallest absolute Gasteiger partial charge is 0.328 e. The minimum Gasteiger partial charge on any atom is -0.489 e. The normalized spacial score (nSPS) is 22.2. The van der Waals surface area contributed by atoms with Crippen molar-refractivity contribution in [3.8, 4) is 5.75 Å². The maximum Gasteiger partial charge on any atom is 0.328 e. The maximum absolute atomic E-state index is 14.3. The van der Waals surface area contributed by atoms with E-state index in [0.29, 0.717) is 12.4 Å². The summed E-state index contributed by atoms with van der Waals surface area (Å²) in [5.74, 6) is 1.05. The lowest BCUT2D eigenvalue weighted by Gasteiger charge is -2.37. The highest BCUT2D eigenvalue weighted by molar-refractivity contribution is 5.76. The number of hydrogen-bond donors (Lipinski definition) is 0. The first-order valence-corrected chi connectivity index (χ1v) is 10.3. The number of ether oxygens (including phenoxy) is 1. The van der Waals surface area contributed by atoms with Crippen molar-refractivity contribution < 1.29 is 9.13 Å². The predicted molar refractivity (Wildman–Crippen MR) is 114 cm³/mol. The Hall–Kier alpha value is -2.56. The number of hydrogen-bond acceptors (Lipinski definition) is 2. The van der Waals surface area contributed by atoms with Crippen LogP contribution >= 0.6 is 0 Å². The Morgan fingerprint density at radius 1 is 1.07 bits per heavy atom. The fourth-order valence-electron chi connectivity index (χ4n) is 4.49. The molecular weight excluding hydrogens is 367 g/mol. The summed E-state index contributed by atoms with van der Waals surface area (Å²) in [7, 11) is 3.53. The standard InChI is InChI=1S/C24H29FN2O2/c1-16-7-9-24(2,10-8-16)18-12-19(25)14-20(13-18)29-15-17-5-6-21-22(11-17)27(4)23(28)26(21)3/h5-6,11-14,16H,7-10,15H2,1-4H3.